The number of para-hydroxylation sites is 2. The third-order valence-electron chi connectivity index (χ3n) is 10.9. The van der Waals surface area contributed by atoms with Crippen molar-refractivity contribution in [2.75, 3.05) is 4.90 Å². The lowest BCUT2D eigenvalue weighted by Crippen LogP contribution is -2.10. The fourth-order valence-electron chi connectivity index (χ4n) is 8.29. The van der Waals surface area contributed by atoms with E-state index in [1.165, 1.54) is 53.2 Å². The van der Waals surface area contributed by atoms with E-state index in [9.17, 15) is 0 Å². The highest BCUT2D eigenvalue weighted by Crippen LogP contribution is 2.46. The van der Waals surface area contributed by atoms with Crippen molar-refractivity contribution in [2.24, 2.45) is 0 Å². The SMILES string of the molecule is c1ccc(-c2cccc3c2oc2c(N(c4ccc(-c5cccc6ccccc56)cc4)c4ccc(-c5cccc6c5sc5ccccc56)cc4)cccc23)cc1. The van der Waals surface area contributed by atoms with Gasteiger partial charge >= 0.3 is 0 Å². The summed E-state index contributed by atoms with van der Waals surface area (Å²) in [6, 6.07) is 71.9. The van der Waals surface area contributed by atoms with Crippen LogP contribution in [0.5, 0.6) is 0 Å². The molecule has 0 aliphatic heterocycles. The first-order chi connectivity index (χ1) is 27.3. The molecule has 0 bridgehead atoms. The molecule has 2 aromatic heterocycles. The average Bonchev–Trinajstić information content (AvgIpc) is 3.84. The van der Waals surface area contributed by atoms with Crippen LogP contribution in [0.25, 0.3) is 86.3 Å². The zero-order valence-electron chi connectivity index (χ0n) is 29.8. The van der Waals surface area contributed by atoms with Crippen LogP contribution in [0.4, 0.5) is 17.1 Å². The molecule has 0 fully saturated rings. The molecule has 0 radical (unpaired) electrons. The van der Waals surface area contributed by atoms with Gasteiger partial charge in [0.05, 0.1) is 5.69 Å². The van der Waals surface area contributed by atoms with E-state index in [0.717, 1.165) is 50.1 Å². The summed E-state index contributed by atoms with van der Waals surface area (Å²) in [6.07, 6.45) is 0. The molecule has 0 unspecified atom stereocenters. The second kappa shape index (κ2) is 12.9. The van der Waals surface area contributed by atoms with Gasteiger partial charge in [-0.15, -0.1) is 11.3 Å². The summed E-state index contributed by atoms with van der Waals surface area (Å²) in [4.78, 5) is 2.34. The Morgan fingerprint density at radius 2 is 0.873 bits per heavy atom. The van der Waals surface area contributed by atoms with Crippen molar-refractivity contribution in [3.63, 3.8) is 0 Å². The van der Waals surface area contributed by atoms with E-state index in [-0.39, 0.29) is 0 Å². The fourth-order valence-corrected chi connectivity index (χ4v) is 9.52. The Kier molecular flexibility index (Phi) is 7.39. The Labute approximate surface area is 322 Å². The monoisotopic (exact) mass is 719 g/mol. The number of thiophene rings is 1. The van der Waals surface area contributed by atoms with Gasteiger partial charge in [0, 0.05) is 47.9 Å². The fraction of sp³-hybridized carbons (Fsp3) is 0. The minimum absolute atomic E-state index is 0.859. The van der Waals surface area contributed by atoms with Crippen LogP contribution in [0, 0.1) is 0 Å². The van der Waals surface area contributed by atoms with Crippen LogP contribution in [0.3, 0.4) is 0 Å². The topological polar surface area (TPSA) is 16.4 Å². The largest absolute Gasteiger partial charge is 0.453 e. The summed E-state index contributed by atoms with van der Waals surface area (Å²) in [5.41, 5.74) is 11.9. The van der Waals surface area contributed by atoms with Gasteiger partial charge in [0.15, 0.2) is 5.58 Å². The highest BCUT2D eigenvalue weighted by Gasteiger charge is 2.21. The first-order valence-corrected chi connectivity index (χ1v) is 19.5. The van der Waals surface area contributed by atoms with Crippen molar-refractivity contribution in [3.8, 4) is 33.4 Å². The number of fused-ring (bicyclic) bond motifs is 7. The van der Waals surface area contributed by atoms with Gasteiger partial charge in [0.2, 0.25) is 0 Å². The van der Waals surface area contributed by atoms with E-state index in [1.807, 2.05) is 11.3 Å². The number of benzene rings is 9. The molecule has 0 spiro atoms. The summed E-state index contributed by atoms with van der Waals surface area (Å²) in [5.74, 6) is 0. The number of hydrogen-bond acceptors (Lipinski definition) is 3. The number of anilines is 3. The maximum atomic E-state index is 6.96. The molecule has 11 aromatic rings. The minimum Gasteiger partial charge on any atom is -0.453 e. The standard InChI is InChI=1S/C52H33NOS/c1-2-12-35(13-3-1)42-19-9-21-45-46-22-11-24-48(51(46)54-50(42)45)53(38-30-26-36(27-31-38)41-18-8-15-34-14-4-5-16-40(34)41)39-32-28-37(29-33-39)43-20-10-23-47-44-17-6-7-25-49(44)55-52(43)47/h1-33H. The molecule has 0 aliphatic carbocycles. The number of hydrogen-bond donors (Lipinski definition) is 0. The van der Waals surface area contributed by atoms with E-state index >= 15 is 0 Å². The third kappa shape index (κ3) is 5.24. The maximum Gasteiger partial charge on any atom is 0.159 e. The summed E-state index contributed by atoms with van der Waals surface area (Å²) < 4.78 is 9.60. The molecule has 0 saturated heterocycles. The van der Waals surface area contributed by atoms with Gasteiger partial charge in [0.1, 0.15) is 5.58 Å². The molecule has 9 aromatic carbocycles. The number of furan rings is 1. The Morgan fingerprint density at radius 1 is 0.345 bits per heavy atom. The highest BCUT2D eigenvalue weighted by molar-refractivity contribution is 7.26. The molecule has 0 saturated carbocycles. The van der Waals surface area contributed by atoms with Crippen LogP contribution in [0.15, 0.2) is 205 Å². The summed E-state index contributed by atoms with van der Waals surface area (Å²) in [7, 11) is 0. The molecular formula is C52H33NOS. The molecule has 2 nitrogen and oxygen atoms in total. The number of nitrogens with zero attached hydrogens (tertiary/aromatic N) is 1. The maximum absolute atomic E-state index is 6.96. The Balaban J connectivity index is 1.08. The molecule has 0 aliphatic rings. The Bertz CT molecular complexity index is 3190. The first-order valence-electron chi connectivity index (χ1n) is 18.7. The van der Waals surface area contributed by atoms with Crippen LogP contribution >= 0.6 is 11.3 Å². The third-order valence-corrected chi connectivity index (χ3v) is 12.1. The van der Waals surface area contributed by atoms with Crippen LogP contribution in [0.2, 0.25) is 0 Å². The van der Waals surface area contributed by atoms with Crippen LogP contribution in [0.1, 0.15) is 0 Å². The lowest BCUT2D eigenvalue weighted by molar-refractivity contribution is 0.670. The van der Waals surface area contributed by atoms with Gasteiger partial charge in [0.25, 0.3) is 0 Å². The molecule has 3 heteroatoms. The predicted octanol–water partition coefficient (Wildman–Crippen LogP) is 15.6. The molecule has 0 N–H and O–H groups in total. The Hall–Kier alpha value is -6.94. The van der Waals surface area contributed by atoms with Gasteiger partial charge in [-0.2, -0.15) is 0 Å². The highest BCUT2D eigenvalue weighted by atomic mass is 32.1. The molecule has 0 amide bonds. The van der Waals surface area contributed by atoms with Crippen molar-refractivity contribution in [3.05, 3.63) is 200 Å². The quantitative estimate of drug-likeness (QED) is 0.170. The summed E-state index contributed by atoms with van der Waals surface area (Å²) >= 11 is 1.87. The number of rotatable bonds is 6. The van der Waals surface area contributed by atoms with Gasteiger partial charge in [-0.25, -0.2) is 0 Å². The van der Waals surface area contributed by atoms with Gasteiger partial charge < -0.3 is 9.32 Å². The first kappa shape index (κ1) is 31.6. The van der Waals surface area contributed by atoms with E-state index in [4.69, 9.17) is 4.42 Å². The molecule has 258 valence electrons. The molecule has 0 atom stereocenters. The summed E-state index contributed by atoms with van der Waals surface area (Å²) in [5, 5.41) is 7.31. The average molecular weight is 720 g/mol. The van der Waals surface area contributed by atoms with Crippen LogP contribution < -0.4 is 4.90 Å². The van der Waals surface area contributed by atoms with Crippen molar-refractivity contribution < 1.29 is 4.42 Å². The van der Waals surface area contributed by atoms with Crippen molar-refractivity contribution >= 4 is 81.3 Å². The van der Waals surface area contributed by atoms with E-state index in [1.54, 1.807) is 0 Å². The van der Waals surface area contributed by atoms with Crippen LogP contribution in [-0.4, -0.2) is 0 Å². The molecule has 2 heterocycles. The minimum atomic E-state index is 0.859. The second-order valence-corrected chi connectivity index (χ2v) is 15.1. The molecule has 55 heavy (non-hydrogen) atoms. The van der Waals surface area contributed by atoms with Gasteiger partial charge in [-0.05, 0) is 75.0 Å². The smallest absolute Gasteiger partial charge is 0.159 e. The zero-order chi connectivity index (χ0) is 36.3. The Morgan fingerprint density at radius 3 is 1.65 bits per heavy atom. The molecular weight excluding hydrogens is 687 g/mol. The van der Waals surface area contributed by atoms with Gasteiger partial charge in [-0.1, -0.05) is 164 Å². The van der Waals surface area contributed by atoms with Crippen LogP contribution in [-0.2, 0) is 0 Å². The normalized spacial score (nSPS) is 11.6. The molecule has 11 rings (SSSR count). The summed E-state index contributed by atoms with van der Waals surface area (Å²) in [6.45, 7) is 0. The predicted molar refractivity (Wildman–Crippen MR) is 235 cm³/mol. The second-order valence-electron chi connectivity index (χ2n) is 14.0. The van der Waals surface area contributed by atoms with E-state index in [0.29, 0.717) is 0 Å². The van der Waals surface area contributed by atoms with E-state index in [2.05, 4.69) is 205 Å². The van der Waals surface area contributed by atoms with Crippen molar-refractivity contribution in [1.29, 1.82) is 0 Å². The zero-order valence-corrected chi connectivity index (χ0v) is 30.6. The van der Waals surface area contributed by atoms with Crippen molar-refractivity contribution in [2.45, 2.75) is 0 Å². The lowest BCUT2D eigenvalue weighted by Gasteiger charge is -2.26. The van der Waals surface area contributed by atoms with Gasteiger partial charge in [-0.3, -0.25) is 0 Å². The van der Waals surface area contributed by atoms with Crippen molar-refractivity contribution in [1.82, 2.24) is 0 Å². The lowest BCUT2D eigenvalue weighted by atomic mass is 9.98. The van der Waals surface area contributed by atoms with E-state index < -0.39 is 0 Å².